The lowest BCUT2D eigenvalue weighted by Gasteiger charge is -2.32. The molecule has 0 N–H and O–H groups in total. The van der Waals surface area contributed by atoms with Crippen LogP contribution in [0, 0.1) is 6.92 Å². The zero-order valence-corrected chi connectivity index (χ0v) is 41.8. The maximum absolute atomic E-state index is 14.8. The van der Waals surface area contributed by atoms with Crippen molar-refractivity contribution in [2.45, 2.75) is 111 Å². The highest BCUT2D eigenvalue weighted by atomic mass is 16.7. The van der Waals surface area contributed by atoms with Gasteiger partial charge >= 0.3 is 11.9 Å². The molecule has 7 aromatic rings. The van der Waals surface area contributed by atoms with Gasteiger partial charge < -0.3 is 9.68 Å². The fourth-order valence-corrected chi connectivity index (χ4v) is 11.9. The molecule has 2 aliphatic carbocycles. The lowest BCUT2D eigenvalue weighted by Crippen LogP contribution is -2.26. The minimum absolute atomic E-state index is 0.0510. The fourth-order valence-electron chi connectivity index (χ4n) is 11.9. The SMILES string of the molecule is CCCC1(CCC)c2ccccc2-c2ccc(C(=O)/C(=N/OC(C)=O)c3ccc(-c4ccc5c(c4)C(CCC)(CCC)c4cc(C(=O)/C(=N/OC(C)=O)c6c(C)ccc7ccccc67)ccc4-5)cc3)cc21. The normalized spacial score (nSPS) is 14.1. The molecule has 0 atom stereocenters. The molecule has 0 spiro atoms. The first-order valence-corrected chi connectivity index (χ1v) is 25.1. The van der Waals surface area contributed by atoms with Gasteiger partial charge in [0.25, 0.3) is 0 Å². The Kier molecular flexibility index (Phi) is 13.7. The van der Waals surface area contributed by atoms with E-state index in [1.165, 1.54) is 30.5 Å². The predicted molar refractivity (Wildman–Crippen MR) is 284 cm³/mol. The first kappa shape index (κ1) is 48.4. The minimum Gasteiger partial charge on any atom is -0.318 e. The standard InChI is InChI=1S/C63H60N2O6/c1-8-32-62(33-9-2)53-19-15-14-18-49(53)50-30-27-46(37-55(50)62)60(68)58(64-70-40(6)66)44-24-22-42(23-25-44)45-26-29-51-52-31-28-47(38-56(52)63(34-10-3,35-11-4)54(51)36-45)61(69)59(65-71-41(7)67)57-39(5)20-21-43-16-12-13-17-48(43)57/h12-31,36-38H,8-11,32-35H2,1-7H3/b64-58+,65-59+. The van der Waals surface area contributed by atoms with E-state index in [0.29, 0.717) is 22.3 Å². The Morgan fingerprint density at radius 1 is 0.451 bits per heavy atom. The summed E-state index contributed by atoms with van der Waals surface area (Å²) in [4.78, 5) is 64.3. The van der Waals surface area contributed by atoms with Gasteiger partial charge in [-0.1, -0.05) is 185 Å². The van der Waals surface area contributed by atoms with E-state index in [4.69, 9.17) is 9.68 Å². The largest absolute Gasteiger partial charge is 0.332 e. The number of hydrogen-bond donors (Lipinski definition) is 0. The molecule has 0 unspecified atom stereocenters. The zero-order chi connectivity index (χ0) is 50.0. The summed E-state index contributed by atoms with van der Waals surface area (Å²) < 4.78 is 0. The Labute approximate surface area is 416 Å². The third kappa shape index (κ3) is 8.64. The van der Waals surface area contributed by atoms with E-state index in [0.717, 1.165) is 107 Å². The molecule has 8 heteroatoms. The summed E-state index contributed by atoms with van der Waals surface area (Å²) >= 11 is 0. The highest BCUT2D eigenvalue weighted by molar-refractivity contribution is 6.53. The van der Waals surface area contributed by atoms with Crippen molar-refractivity contribution < 1.29 is 28.9 Å². The first-order valence-electron chi connectivity index (χ1n) is 25.1. The van der Waals surface area contributed by atoms with Crippen LogP contribution in [0.15, 0.2) is 150 Å². The lowest BCUT2D eigenvalue weighted by molar-refractivity contribution is -0.141. The summed E-state index contributed by atoms with van der Waals surface area (Å²) in [5, 5.41) is 10.2. The Hall–Kier alpha value is -7.58. The maximum Gasteiger partial charge on any atom is 0.332 e. The van der Waals surface area contributed by atoms with E-state index in [1.54, 1.807) is 0 Å². The van der Waals surface area contributed by atoms with Crippen LogP contribution in [-0.4, -0.2) is 34.9 Å². The first-order chi connectivity index (χ1) is 34.4. The average Bonchev–Trinajstić information content (AvgIpc) is 3.79. The van der Waals surface area contributed by atoms with Crippen LogP contribution in [0.3, 0.4) is 0 Å². The third-order valence-electron chi connectivity index (χ3n) is 14.7. The van der Waals surface area contributed by atoms with E-state index in [-0.39, 0.29) is 33.8 Å². The molecule has 0 fully saturated rings. The molecule has 0 amide bonds. The van der Waals surface area contributed by atoms with Crippen molar-refractivity contribution >= 4 is 45.7 Å². The van der Waals surface area contributed by atoms with Crippen LogP contribution in [0.1, 0.15) is 153 Å². The van der Waals surface area contributed by atoms with Crippen LogP contribution in [-0.2, 0) is 30.1 Å². The molecule has 8 nitrogen and oxygen atoms in total. The molecule has 0 bridgehead atoms. The van der Waals surface area contributed by atoms with E-state index < -0.39 is 11.9 Å². The summed E-state index contributed by atoms with van der Waals surface area (Å²) in [6.07, 6.45) is 7.49. The molecule has 0 aromatic heterocycles. The number of carbonyl (C=O) groups excluding carboxylic acids is 4. The molecule has 2 aliphatic rings. The summed E-state index contributed by atoms with van der Waals surface area (Å²) in [7, 11) is 0. The van der Waals surface area contributed by atoms with Gasteiger partial charge in [-0.15, -0.1) is 0 Å². The summed E-state index contributed by atoms with van der Waals surface area (Å²) in [5.41, 5.74) is 13.8. The molecule has 71 heavy (non-hydrogen) atoms. The predicted octanol–water partition coefficient (Wildman–Crippen LogP) is 14.8. The summed E-state index contributed by atoms with van der Waals surface area (Å²) in [6.45, 7) is 13.3. The van der Waals surface area contributed by atoms with E-state index in [2.05, 4.69) is 92.6 Å². The molecule has 7 aromatic carbocycles. The number of fused-ring (bicyclic) bond motifs is 7. The van der Waals surface area contributed by atoms with Gasteiger partial charge in [-0.2, -0.15) is 0 Å². The number of rotatable bonds is 17. The monoisotopic (exact) mass is 940 g/mol. The van der Waals surface area contributed by atoms with Gasteiger partial charge in [0.1, 0.15) is 0 Å². The topological polar surface area (TPSA) is 111 Å². The van der Waals surface area contributed by atoms with Gasteiger partial charge in [0.2, 0.25) is 11.6 Å². The van der Waals surface area contributed by atoms with E-state index in [9.17, 15) is 19.2 Å². The number of carbonyl (C=O) groups is 4. The quantitative estimate of drug-likeness (QED) is 0.0389. The number of benzene rings is 7. The van der Waals surface area contributed by atoms with Crippen molar-refractivity contribution in [1.29, 1.82) is 0 Å². The van der Waals surface area contributed by atoms with Crippen LogP contribution in [0.2, 0.25) is 0 Å². The van der Waals surface area contributed by atoms with Crippen molar-refractivity contribution in [3.05, 3.63) is 190 Å². The third-order valence-corrected chi connectivity index (χ3v) is 14.7. The van der Waals surface area contributed by atoms with Gasteiger partial charge in [0.05, 0.1) is 0 Å². The molecular formula is C63H60N2O6. The van der Waals surface area contributed by atoms with Gasteiger partial charge in [0, 0.05) is 46.9 Å². The number of aryl methyl sites for hydroxylation is 1. The highest BCUT2D eigenvalue weighted by Crippen LogP contribution is 2.56. The molecule has 9 rings (SSSR count). The Bertz CT molecular complexity index is 3310. The van der Waals surface area contributed by atoms with Crippen molar-refractivity contribution in [3.8, 4) is 33.4 Å². The van der Waals surface area contributed by atoms with Crippen LogP contribution >= 0.6 is 0 Å². The highest BCUT2D eigenvalue weighted by Gasteiger charge is 2.44. The maximum atomic E-state index is 14.8. The molecule has 358 valence electrons. The second-order valence-electron chi connectivity index (χ2n) is 19.3. The van der Waals surface area contributed by atoms with Gasteiger partial charge in [0.15, 0.2) is 11.4 Å². The van der Waals surface area contributed by atoms with Crippen molar-refractivity contribution in [1.82, 2.24) is 0 Å². The minimum atomic E-state index is -0.616. The Morgan fingerprint density at radius 3 is 1.48 bits per heavy atom. The van der Waals surface area contributed by atoms with Crippen molar-refractivity contribution in [2.75, 3.05) is 0 Å². The average molecular weight is 941 g/mol. The zero-order valence-electron chi connectivity index (χ0n) is 41.8. The molecule has 0 saturated heterocycles. The Balaban J connectivity index is 1.07. The van der Waals surface area contributed by atoms with Crippen molar-refractivity contribution in [3.63, 3.8) is 0 Å². The Morgan fingerprint density at radius 2 is 0.901 bits per heavy atom. The number of nitrogens with zero attached hydrogens (tertiary/aromatic N) is 2. The molecular weight excluding hydrogens is 881 g/mol. The van der Waals surface area contributed by atoms with Crippen molar-refractivity contribution in [2.24, 2.45) is 10.3 Å². The van der Waals surface area contributed by atoms with Crippen LogP contribution < -0.4 is 0 Å². The van der Waals surface area contributed by atoms with Crippen LogP contribution in [0.4, 0.5) is 0 Å². The second kappa shape index (κ2) is 20.0. The molecule has 0 aliphatic heterocycles. The lowest BCUT2D eigenvalue weighted by atomic mass is 9.71. The van der Waals surface area contributed by atoms with Crippen LogP contribution in [0.5, 0.6) is 0 Å². The smallest absolute Gasteiger partial charge is 0.318 e. The number of Topliss-reactive ketones (excluding diaryl/α,β-unsaturated/α-hetero) is 2. The fraction of sp³-hybridized carbons (Fsp3) is 0.270. The molecule has 0 heterocycles. The second-order valence-corrected chi connectivity index (χ2v) is 19.3. The summed E-state index contributed by atoms with van der Waals surface area (Å²) in [5.74, 6) is -1.88. The van der Waals surface area contributed by atoms with Crippen LogP contribution in [0.25, 0.3) is 44.2 Å². The molecule has 0 saturated carbocycles. The van der Waals surface area contributed by atoms with Gasteiger partial charge in [-0.25, -0.2) is 9.59 Å². The number of ketones is 2. The number of hydrogen-bond acceptors (Lipinski definition) is 8. The molecule has 0 radical (unpaired) electrons. The van der Waals surface area contributed by atoms with Gasteiger partial charge in [-0.3, -0.25) is 9.59 Å². The van der Waals surface area contributed by atoms with E-state index >= 15 is 0 Å². The van der Waals surface area contributed by atoms with Gasteiger partial charge in [-0.05, 0) is 123 Å². The van der Waals surface area contributed by atoms with E-state index in [1.807, 2.05) is 91.9 Å². The summed E-state index contributed by atoms with van der Waals surface area (Å²) in [6, 6.07) is 46.6. The number of oxime groups is 2.